The zero-order valence-corrected chi connectivity index (χ0v) is 19.8. The fraction of sp³-hybridized carbons (Fsp3) is 0.750. The van der Waals surface area contributed by atoms with Gasteiger partial charge in [-0.3, -0.25) is 9.89 Å². The monoisotopic (exact) mass is 490 g/mol. The minimum absolute atomic E-state index is 0. The van der Waals surface area contributed by atoms with Gasteiger partial charge in [0, 0.05) is 37.1 Å². The predicted octanol–water partition coefficient (Wildman–Crippen LogP) is 4.45. The molecule has 148 valence electrons. The first kappa shape index (κ1) is 22.0. The summed E-state index contributed by atoms with van der Waals surface area (Å²) in [6, 6.07) is 5.00. The summed E-state index contributed by atoms with van der Waals surface area (Å²) in [6.07, 6.45) is 3.81. The number of hydrogen-bond acceptors (Lipinski definition) is 3. The van der Waals surface area contributed by atoms with E-state index in [4.69, 9.17) is 4.99 Å². The van der Waals surface area contributed by atoms with E-state index in [2.05, 4.69) is 60.4 Å². The van der Waals surface area contributed by atoms with Crippen LogP contribution in [0.15, 0.2) is 22.5 Å². The number of nitrogens with zero attached hydrogens (tertiary/aromatic N) is 3. The van der Waals surface area contributed by atoms with E-state index in [1.807, 2.05) is 11.3 Å². The number of hydrogen-bond donors (Lipinski definition) is 1. The molecule has 2 aliphatic heterocycles. The minimum Gasteiger partial charge on any atom is -0.357 e. The molecule has 0 aromatic carbocycles. The number of aliphatic imine (C=N–C) groups is 1. The van der Waals surface area contributed by atoms with Gasteiger partial charge in [0.05, 0.1) is 0 Å². The van der Waals surface area contributed by atoms with Gasteiger partial charge in [-0.1, -0.05) is 19.9 Å². The van der Waals surface area contributed by atoms with Crippen LogP contribution < -0.4 is 5.32 Å². The molecule has 4 nitrogen and oxygen atoms in total. The van der Waals surface area contributed by atoms with Crippen LogP contribution in [0, 0.1) is 11.3 Å². The van der Waals surface area contributed by atoms with Crippen molar-refractivity contribution in [3.63, 3.8) is 0 Å². The van der Waals surface area contributed by atoms with E-state index in [9.17, 15) is 0 Å². The van der Waals surface area contributed by atoms with E-state index >= 15 is 0 Å². The molecule has 2 unspecified atom stereocenters. The van der Waals surface area contributed by atoms with Gasteiger partial charge >= 0.3 is 0 Å². The molecule has 0 bridgehead atoms. The number of thiophene rings is 1. The molecular weight excluding hydrogens is 455 g/mol. The van der Waals surface area contributed by atoms with Gasteiger partial charge < -0.3 is 10.2 Å². The van der Waals surface area contributed by atoms with Gasteiger partial charge in [0.15, 0.2) is 5.96 Å². The normalized spacial score (nSPS) is 26.6. The molecular formula is C20H35IN4S. The average Bonchev–Trinajstić information content (AvgIpc) is 3.21. The van der Waals surface area contributed by atoms with E-state index in [1.54, 1.807) is 0 Å². The van der Waals surface area contributed by atoms with E-state index < -0.39 is 0 Å². The third-order valence-electron chi connectivity index (χ3n) is 5.63. The first-order valence-electron chi connectivity index (χ1n) is 9.77. The van der Waals surface area contributed by atoms with Gasteiger partial charge in [-0.05, 0) is 62.6 Å². The quantitative estimate of drug-likeness (QED) is 0.385. The van der Waals surface area contributed by atoms with Crippen molar-refractivity contribution in [1.29, 1.82) is 0 Å². The lowest BCUT2D eigenvalue weighted by Crippen LogP contribution is -2.42. The number of likely N-dealkylation sites (tertiary alicyclic amines) is 2. The fourth-order valence-corrected chi connectivity index (χ4v) is 5.27. The average molecular weight is 490 g/mol. The summed E-state index contributed by atoms with van der Waals surface area (Å²) in [5.74, 6) is 1.73. The lowest BCUT2D eigenvalue weighted by Gasteiger charge is -2.38. The first-order chi connectivity index (χ1) is 12.0. The van der Waals surface area contributed by atoms with Crippen molar-refractivity contribution in [2.24, 2.45) is 16.3 Å². The zero-order chi connectivity index (χ0) is 17.9. The lowest BCUT2D eigenvalue weighted by atomic mass is 9.88. The zero-order valence-electron chi connectivity index (χ0n) is 16.7. The maximum Gasteiger partial charge on any atom is 0.193 e. The highest BCUT2D eigenvalue weighted by molar-refractivity contribution is 14.0. The van der Waals surface area contributed by atoms with Crippen LogP contribution in [0.2, 0.25) is 0 Å². The summed E-state index contributed by atoms with van der Waals surface area (Å²) in [4.78, 5) is 11.6. The fourth-order valence-electron chi connectivity index (χ4n) is 4.28. The molecule has 0 saturated carbocycles. The molecule has 1 aromatic rings. The standard InChI is InChI=1S/C20H34N4S.HI/c1-5-21-19(24-12-10-20(2,3)15-24)22-14-16-8-6-11-23(4)18(16)17-9-7-13-25-17;/h7,9,13,16,18H,5-6,8,10-12,14-15H2,1-4H3,(H,21,22);1H. The molecule has 0 radical (unpaired) electrons. The van der Waals surface area contributed by atoms with E-state index in [0.29, 0.717) is 17.4 Å². The van der Waals surface area contributed by atoms with Crippen molar-refractivity contribution in [3.8, 4) is 0 Å². The van der Waals surface area contributed by atoms with E-state index in [1.165, 1.54) is 30.7 Å². The molecule has 1 N–H and O–H groups in total. The van der Waals surface area contributed by atoms with Crippen molar-refractivity contribution >= 4 is 41.3 Å². The van der Waals surface area contributed by atoms with Crippen LogP contribution >= 0.6 is 35.3 Å². The second-order valence-corrected chi connectivity index (χ2v) is 9.35. The van der Waals surface area contributed by atoms with Gasteiger partial charge in [-0.15, -0.1) is 35.3 Å². The number of nitrogens with one attached hydrogen (secondary N) is 1. The Morgan fingerprint density at radius 2 is 2.19 bits per heavy atom. The SMILES string of the molecule is CCNC(=NCC1CCCN(C)C1c1cccs1)N1CCC(C)(C)C1.I. The number of piperidine rings is 1. The van der Waals surface area contributed by atoms with E-state index in [0.717, 1.165) is 32.1 Å². The highest BCUT2D eigenvalue weighted by Crippen LogP contribution is 2.37. The number of halogens is 1. The minimum atomic E-state index is 0. The molecule has 6 heteroatoms. The summed E-state index contributed by atoms with van der Waals surface area (Å²) in [7, 11) is 2.27. The third kappa shape index (κ3) is 5.35. The highest BCUT2D eigenvalue weighted by Gasteiger charge is 2.33. The van der Waals surface area contributed by atoms with Crippen molar-refractivity contribution in [2.45, 2.75) is 46.1 Å². The molecule has 1 aromatic heterocycles. The highest BCUT2D eigenvalue weighted by atomic mass is 127. The predicted molar refractivity (Wildman–Crippen MR) is 124 cm³/mol. The largest absolute Gasteiger partial charge is 0.357 e. The van der Waals surface area contributed by atoms with Crippen LogP contribution in [0.25, 0.3) is 0 Å². The third-order valence-corrected chi connectivity index (χ3v) is 6.57. The molecule has 3 heterocycles. The molecule has 3 rings (SSSR count). The maximum atomic E-state index is 5.09. The summed E-state index contributed by atoms with van der Waals surface area (Å²) in [5, 5.41) is 5.73. The van der Waals surface area contributed by atoms with Gasteiger partial charge in [0.2, 0.25) is 0 Å². The van der Waals surface area contributed by atoms with Crippen molar-refractivity contribution < 1.29 is 0 Å². The number of rotatable bonds is 4. The van der Waals surface area contributed by atoms with Crippen LogP contribution in [0.4, 0.5) is 0 Å². The summed E-state index contributed by atoms with van der Waals surface area (Å²) >= 11 is 1.89. The second kappa shape index (κ2) is 9.73. The Morgan fingerprint density at radius 3 is 2.81 bits per heavy atom. The molecule has 26 heavy (non-hydrogen) atoms. The molecule has 2 saturated heterocycles. The summed E-state index contributed by atoms with van der Waals surface area (Å²) in [6.45, 7) is 12.2. The summed E-state index contributed by atoms with van der Waals surface area (Å²) < 4.78 is 0. The molecule has 0 amide bonds. The first-order valence-corrected chi connectivity index (χ1v) is 10.6. The Labute approximate surface area is 180 Å². The Bertz CT molecular complexity index is 572. The van der Waals surface area contributed by atoms with Gasteiger partial charge in [0.1, 0.15) is 0 Å². The van der Waals surface area contributed by atoms with Crippen molar-refractivity contribution in [2.75, 3.05) is 39.8 Å². The Balaban J connectivity index is 0.00000243. The molecule has 0 aliphatic carbocycles. The second-order valence-electron chi connectivity index (χ2n) is 8.37. The van der Waals surface area contributed by atoms with Gasteiger partial charge in [-0.25, -0.2) is 0 Å². The molecule has 2 fully saturated rings. The van der Waals surface area contributed by atoms with E-state index in [-0.39, 0.29) is 24.0 Å². The molecule has 2 aliphatic rings. The smallest absolute Gasteiger partial charge is 0.193 e. The maximum absolute atomic E-state index is 5.09. The Morgan fingerprint density at radius 1 is 1.38 bits per heavy atom. The van der Waals surface area contributed by atoms with Crippen LogP contribution in [-0.2, 0) is 0 Å². The molecule has 0 spiro atoms. The van der Waals surface area contributed by atoms with Crippen LogP contribution in [-0.4, -0.2) is 55.5 Å². The van der Waals surface area contributed by atoms with Crippen LogP contribution in [0.5, 0.6) is 0 Å². The Kier molecular flexibility index (Phi) is 8.22. The van der Waals surface area contributed by atoms with Gasteiger partial charge in [0.25, 0.3) is 0 Å². The van der Waals surface area contributed by atoms with Gasteiger partial charge in [-0.2, -0.15) is 0 Å². The lowest BCUT2D eigenvalue weighted by molar-refractivity contribution is 0.128. The van der Waals surface area contributed by atoms with Crippen LogP contribution in [0.1, 0.15) is 51.0 Å². The van der Waals surface area contributed by atoms with Crippen LogP contribution in [0.3, 0.4) is 0 Å². The topological polar surface area (TPSA) is 30.9 Å². The number of guanidine groups is 1. The van der Waals surface area contributed by atoms with Crippen molar-refractivity contribution in [3.05, 3.63) is 22.4 Å². The van der Waals surface area contributed by atoms with Crippen molar-refractivity contribution in [1.82, 2.24) is 15.1 Å². The Hall–Kier alpha value is -0.340. The summed E-state index contributed by atoms with van der Waals surface area (Å²) in [5.41, 5.74) is 0.404. The molecule has 2 atom stereocenters.